The molecule has 2 N–H and O–H groups in total. The van der Waals surface area contributed by atoms with E-state index >= 15 is 0 Å². The number of aromatic hydroxyl groups is 1. The molecule has 0 aliphatic carbocycles. The van der Waals surface area contributed by atoms with E-state index in [1.807, 2.05) is 0 Å². The van der Waals surface area contributed by atoms with Gasteiger partial charge in [0.2, 0.25) is 0 Å². The van der Waals surface area contributed by atoms with Crippen molar-refractivity contribution in [2.45, 2.75) is 26.2 Å². The standard InChI is InChI=1S/C26H18O9/c1-11-9-18(28)34-24-20(11)23(30)21(12(2)27)25-22(24)15(10-19(29)35-25)17-8-7-16(33-17)13-3-5-14(6-4-13)26(31)32/h3-9,15,30H,10H2,1-2H3,(H,31,32)/t15-/m0/s1. The highest BCUT2D eigenvalue weighted by Crippen LogP contribution is 2.50. The highest BCUT2D eigenvalue weighted by atomic mass is 16.5. The number of hydrogen-bond acceptors (Lipinski definition) is 8. The molecule has 1 aliphatic heterocycles. The summed E-state index contributed by atoms with van der Waals surface area (Å²) >= 11 is 0. The molecule has 0 amide bonds. The summed E-state index contributed by atoms with van der Waals surface area (Å²) < 4.78 is 16.9. The van der Waals surface area contributed by atoms with Gasteiger partial charge in [0, 0.05) is 11.6 Å². The number of furan rings is 1. The second-order valence-corrected chi connectivity index (χ2v) is 8.29. The predicted molar refractivity (Wildman–Crippen MR) is 122 cm³/mol. The van der Waals surface area contributed by atoms with E-state index in [1.54, 1.807) is 31.2 Å². The number of benzene rings is 2. The van der Waals surface area contributed by atoms with E-state index in [9.17, 15) is 24.3 Å². The van der Waals surface area contributed by atoms with Gasteiger partial charge < -0.3 is 23.8 Å². The van der Waals surface area contributed by atoms with Crippen LogP contribution in [0.1, 0.15) is 56.9 Å². The second kappa shape index (κ2) is 7.98. The Balaban J connectivity index is 1.73. The number of phenols is 1. The summed E-state index contributed by atoms with van der Waals surface area (Å²) in [6.45, 7) is 2.84. The largest absolute Gasteiger partial charge is 0.506 e. The Labute approximate surface area is 197 Å². The van der Waals surface area contributed by atoms with Gasteiger partial charge in [0.1, 0.15) is 28.4 Å². The van der Waals surface area contributed by atoms with E-state index in [-0.39, 0.29) is 39.8 Å². The van der Waals surface area contributed by atoms with Crippen LogP contribution in [0.4, 0.5) is 0 Å². The van der Waals surface area contributed by atoms with E-state index in [0.717, 1.165) is 0 Å². The minimum Gasteiger partial charge on any atom is -0.506 e. The van der Waals surface area contributed by atoms with Crippen molar-refractivity contribution in [2.24, 2.45) is 0 Å². The first kappa shape index (κ1) is 22.1. The lowest BCUT2D eigenvalue weighted by Gasteiger charge is -2.26. The molecule has 3 heterocycles. The van der Waals surface area contributed by atoms with Crippen molar-refractivity contribution in [3.8, 4) is 22.8 Å². The van der Waals surface area contributed by atoms with Gasteiger partial charge in [-0.1, -0.05) is 12.1 Å². The van der Waals surface area contributed by atoms with Crippen molar-refractivity contribution < 1.29 is 38.2 Å². The number of carboxylic acids is 1. The third-order valence-electron chi connectivity index (χ3n) is 6.02. The van der Waals surface area contributed by atoms with Crippen molar-refractivity contribution >= 4 is 28.7 Å². The zero-order valence-corrected chi connectivity index (χ0v) is 18.6. The number of aromatic carboxylic acids is 1. The first-order chi connectivity index (χ1) is 16.7. The lowest BCUT2D eigenvalue weighted by atomic mass is 9.85. The van der Waals surface area contributed by atoms with Gasteiger partial charge in [-0.3, -0.25) is 9.59 Å². The molecule has 0 fully saturated rings. The first-order valence-electron chi connectivity index (χ1n) is 10.6. The normalized spacial score (nSPS) is 15.0. The van der Waals surface area contributed by atoms with E-state index in [2.05, 4.69) is 0 Å². The summed E-state index contributed by atoms with van der Waals surface area (Å²) in [7, 11) is 0. The van der Waals surface area contributed by atoms with Crippen molar-refractivity contribution in [1.29, 1.82) is 0 Å². The molecule has 176 valence electrons. The summed E-state index contributed by atoms with van der Waals surface area (Å²) in [4.78, 5) is 48.3. The smallest absolute Gasteiger partial charge is 0.336 e. The van der Waals surface area contributed by atoms with Gasteiger partial charge in [-0.05, 0) is 43.7 Å². The van der Waals surface area contributed by atoms with Gasteiger partial charge >= 0.3 is 17.6 Å². The minimum atomic E-state index is -1.05. The fourth-order valence-electron chi connectivity index (χ4n) is 4.45. The average molecular weight is 474 g/mol. The Bertz CT molecular complexity index is 1600. The van der Waals surface area contributed by atoms with Crippen molar-refractivity contribution in [3.63, 3.8) is 0 Å². The highest BCUT2D eigenvalue weighted by molar-refractivity contribution is 6.09. The fraction of sp³-hybridized carbons (Fsp3) is 0.154. The number of carbonyl (C=O) groups excluding carboxylic acids is 2. The zero-order valence-electron chi connectivity index (χ0n) is 18.6. The van der Waals surface area contributed by atoms with Crippen LogP contribution in [0.15, 0.2) is 56.1 Å². The number of rotatable bonds is 4. The third-order valence-corrected chi connectivity index (χ3v) is 6.02. The molecule has 2 aromatic heterocycles. The van der Waals surface area contributed by atoms with Crippen molar-refractivity contribution in [2.75, 3.05) is 0 Å². The van der Waals surface area contributed by atoms with Gasteiger partial charge in [0.15, 0.2) is 11.5 Å². The molecule has 35 heavy (non-hydrogen) atoms. The summed E-state index contributed by atoms with van der Waals surface area (Å²) in [6, 6.07) is 10.6. The molecule has 1 atom stereocenters. The molecule has 4 aromatic rings. The van der Waals surface area contributed by atoms with Crippen LogP contribution in [-0.4, -0.2) is 27.9 Å². The molecule has 0 saturated carbocycles. The topological polar surface area (TPSA) is 144 Å². The molecular weight excluding hydrogens is 456 g/mol. The molecule has 9 nitrogen and oxygen atoms in total. The minimum absolute atomic E-state index is 0.00811. The number of ketones is 1. The van der Waals surface area contributed by atoms with Crippen LogP contribution >= 0.6 is 0 Å². The number of fused-ring (bicyclic) bond motifs is 3. The number of phenolic OH excluding ortho intramolecular Hbond substituents is 1. The molecule has 0 unspecified atom stereocenters. The first-order valence-corrected chi connectivity index (χ1v) is 10.6. The molecule has 1 aliphatic rings. The second-order valence-electron chi connectivity index (χ2n) is 8.29. The maximum atomic E-state index is 12.5. The Morgan fingerprint density at radius 1 is 1.03 bits per heavy atom. The SMILES string of the molecule is CC(=O)c1c2c(c3oc(=O)cc(C)c3c1O)[C@H](c1ccc(-c3ccc(C(=O)O)cc3)o1)CC(=O)O2. The number of carboxylic acid groups (broad SMARTS) is 1. The molecular formula is C26H18O9. The Hall–Kier alpha value is -4.66. The number of carbonyl (C=O) groups is 3. The van der Waals surface area contributed by atoms with E-state index in [1.165, 1.54) is 25.1 Å². The number of ether oxygens (including phenoxy) is 1. The third kappa shape index (κ3) is 3.57. The quantitative estimate of drug-likeness (QED) is 0.190. The van der Waals surface area contributed by atoms with Gasteiger partial charge in [-0.15, -0.1) is 0 Å². The van der Waals surface area contributed by atoms with Crippen molar-refractivity contribution in [3.05, 3.63) is 80.9 Å². The summed E-state index contributed by atoms with van der Waals surface area (Å²) in [5.74, 6) is -2.84. The highest BCUT2D eigenvalue weighted by Gasteiger charge is 2.38. The Morgan fingerprint density at radius 2 is 1.74 bits per heavy atom. The molecule has 9 heteroatoms. The Kier molecular flexibility index (Phi) is 5.05. The van der Waals surface area contributed by atoms with E-state index in [0.29, 0.717) is 22.6 Å². The molecule has 0 saturated heterocycles. The van der Waals surface area contributed by atoms with Crippen LogP contribution in [-0.2, 0) is 4.79 Å². The molecule has 0 bridgehead atoms. The van der Waals surface area contributed by atoms with Crippen LogP contribution in [0.3, 0.4) is 0 Å². The molecule has 5 rings (SSSR count). The van der Waals surface area contributed by atoms with Crippen molar-refractivity contribution in [1.82, 2.24) is 0 Å². The zero-order chi connectivity index (χ0) is 25.0. The van der Waals surface area contributed by atoms with Gasteiger partial charge in [0.25, 0.3) is 0 Å². The summed E-state index contributed by atoms with van der Waals surface area (Å²) in [5, 5.41) is 20.1. The van der Waals surface area contributed by atoms with Gasteiger partial charge in [-0.2, -0.15) is 0 Å². The fourth-order valence-corrected chi connectivity index (χ4v) is 4.45. The molecule has 0 radical (unpaired) electrons. The summed E-state index contributed by atoms with van der Waals surface area (Å²) in [6.07, 6.45) is -0.160. The van der Waals surface area contributed by atoms with Crippen LogP contribution < -0.4 is 10.4 Å². The number of aryl methyl sites for hydroxylation is 1. The Morgan fingerprint density at radius 3 is 2.40 bits per heavy atom. The predicted octanol–water partition coefficient (Wildman–Crippen LogP) is 4.41. The lowest BCUT2D eigenvalue weighted by molar-refractivity contribution is -0.135. The maximum absolute atomic E-state index is 12.5. The van der Waals surface area contributed by atoms with E-state index in [4.69, 9.17) is 18.7 Å². The number of esters is 1. The molecule has 2 aromatic carbocycles. The maximum Gasteiger partial charge on any atom is 0.336 e. The lowest BCUT2D eigenvalue weighted by Crippen LogP contribution is -2.23. The monoisotopic (exact) mass is 474 g/mol. The van der Waals surface area contributed by atoms with Gasteiger partial charge in [0.05, 0.1) is 28.9 Å². The van der Waals surface area contributed by atoms with Crippen LogP contribution in [0.2, 0.25) is 0 Å². The van der Waals surface area contributed by atoms with Crippen LogP contribution in [0, 0.1) is 6.92 Å². The molecule has 0 spiro atoms. The van der Waals surface area contributed by atoms with E-state index < -0.39 is 35.0 Å². The number of hydrogen-bond donors (Lipinski definition) is 2. The van der Waals surface area contributed by atoms with Crippen LogP contribution in [0.25, 0.3) is 22.3 Å². The summed E-state index contributed by atoms with van der Waals surface area (Å²) in [5.41, 5.74) is 0.549. The van der Waals surface area contributed by atoms with Gasteiger partial charge in [-0.25, -0.2) is 9.59 Å². The average Bonchev–Trinajstić information content (AvgIpc) is 3.28. The number of Topliss-reactive ketones (excluding diaryl/α,β-unsaturated/α-hetero) is 1. The van der Waals surface area contributed by atoms with Crippen LogP contribution in [0.5, 0.6) is 11.5 Å².